The molecule has 4 heteroatoms. The predicted molar refractivity (Wildman–Crippen MR) is 109 cm³/mol. The van der Waals surface area contributed by atoms with Gasteiger partial charge < -0.3 is 0 Å². The molecule has 3 nitrogen and oxygen atoms in total. The number of carbonyl (C=O) groups is 2. The van der Waals surface area contributed by atoms with Crippen LogP contribution in [-0.2, 0) is 9.59 Å². The SMILES string of the molecule is Cc1ccc(C2=C(SC(C)C)C(=O)N(c3cc(C)cc(C)c3)C2=O)cc1. The maximum absolute atomic E-state index is 13.3. The molecule has 0 atom stereocenters. The van der Waals surface area contributed by atoms with Crippen LogP contribution in [0.3, 0.4) is 0 Å². The van der Waals surface area contributed by atoms with Gasteiger partial charge in [0.25, 0.3) is 11.8 Å². The highest BCUT2D eigenvalue weighted by atomic mass is 32.2. The van der Waals surface area contributed by atoms with Gasteiger partial charge in [-0.1, -0.05) is 49.7 Å². The van der Waals surface area contributed by atoms with Crippen molar-refractivity contribution in [3.05, 3.63) is 69.6 Å². The summed E-state index contributed by atoms with van der Waals surface area (Å²) < 4.78 is 0. The Balaban J connectivity index is 2.12. The molecule has 0 aliphatic carbocycles. The van der Waals surface area contributed by atoms with E-state index in [-0.39, 0.29) is 17.1 Å². The molecule has 1 heterocycles. The molecule has 26 heavy (non-hydrogen) atoms. The zero-order chi connectivity index (χ0) is 19.0. The largest absolute Gasteiger partial charge is 0.272 e. The normalized spacial score (nSPS) is 14.8. The maximum Gasteiger partial charge on any atom is 0.272 e. The summed E-state index contributed by atoms with van der Waals surface area (Å²) in [5.41, 5.74) is 5.12. The van der Waals surface area contributed by atoms with Crippen molar-refractivity contribution in [1.82, 2.24) is 0 Å². The molecule has 2 aromatic carbocycles. The van der Waals surface area contributed by atoms with Crippen molar-refractivity contribution in [2.45, 2.75) is 39.9 Å². The molecule has 2 amide bonds. The van der Waals surface area contributed by atoms with Crippen LogP contribution in [0, 0.1) is 20.8 Å². The van der Waals surface area contributed by atoms with Crippen molar-refractivity contribution in [2.24, 2.45) is 0 Å². The molecule has 134 valence electrons. The number of aryl methyl sites for hydroxylation is 3. The van der Waals surface area contributed by atoms with Crippen molar-refractivity contribution in [1.29, 1.82) is 0 Å². The van der Waals surface area contributed by atoms with E-state index in [1.807, 2.05) is 77.1 Å². The van der Waals surface area contributed by atoms with E-state index in [1.54, 1.807) is 0 Å². The van der Waals surface area contributed by atoms with E-state index >= 15 is 0 Å². The van der Waals surface area contributed by atoms with Crippen molar-refractivity contribution in [2.75, 3.05) is 4.90 Å². The second-order valence-electron chi connectivity index (χ2n) is 7.03. The fourth-order valence-electron chi connectivity index (χ4n) is 3.14. The van der Waals surface area contributed by atoms with Gasteiger partial charge in [-0.3, -0.25) is 9.59 Å². The summed E-state index contributed by atoms with van der Waals surface area (Å²) in [6.07, 6.45) is 0. The lowest BCUT2D eigenvalue weighted by Gasteiger charge is -2.17. The highest BCUT2D eigenvalue weighted by Crippen LogP contribution is 2.40. The zero-order valence-electron chi connectivity index (χ0n) is 15.8. The van der Waals surface area contributed by atoms with Crippen LogP contribution >= 0.6 is 11.8 Å². The molecule has 0 spiro atoms. The Morgan fingerprint density at radius 2 is 1.38 bits per heavy atom. The standard InChI is InChI=1S/C22H23NO2S/c1-13(2)26-20-19(17-8-6-14(3)7-9-17)21(24)23(22(20)25)18-11-15(4)10-16(5)12-18/h6-13H,1-5H3. The second-order valence-corrected chi connectivity index (χ2v) is 8.62. The smallest absolute Gasteiger partial charge is 0.268 e. The average Bonchev–Trinajstić information content (AvgIpc) is 2.77. The van der Waals surface area contributed by atoms with Gasteiger partial charge in [-0.15, -0.1) is 11.8 Å². The summed E-state index contributed by atoms with van der Waals surface area (Å²) >= 11 is 1.46. The van der Waals surface area contributed by atoms with Gasteiger partial charge in [0.15, 0.2) is 0 Å². The number of rotatable bonds is 4. The van der Waals surface area contributed by atoms with Crippen LogP contribution in [0.2, 0.25) is 0 Å². The number of imide groups is 1. The van der Waals surface area contributed by atoms with Crippen LogP contribution in [-0.4, -0.2) is 17.1 Å². The minimum absolute atomic E-state index is 0.210. The zero-order valence-corrected chi connectivity index (χ0v) is 16.6. The fraction of sp³-hybridized carbons (Fsp3) is 0.273. The maximum atomic E-state index is 13.3. The Morgan fingerprint density at radius 1 is 0.808 bits per heavy atom. The highest BCUT2D eigenvalue weighted by molar-refractivity contribution is 8.04. The Morgan fingerprint density at radius 3 is 1.92 bits per heavy atom. The van der Waals surface area contributed by atoms with E-state index in [2.05, 4.69) is 0 Å². The van der Waals surface area contributed by atoms with Crippen LogP contribution in [0.5, 0.6) is 0 Å². The molecule has 2 aromatic rings. The first-order valence-corrected chi connectivity index (χ1v) is 9.61. The van der Waals surface area contributed by atoms with Gasteiger partial charge in [0.05, 0.1) is 16.2 Å². The van der Waals surface area contributed by atoms with Gasteiger partial charge >= 0.3 is 0 Å². The predicted octanol–water partition coefficient (Wildman–Crippen LogP) is 5.04. The average molecular weight is 365 g/mol. The monoisotopic (exact) mass is 365 g/mol. The van der Waals surface area contributed by atoms with Gasteiger partial charge in [-0.25, -0.2) is 4.90 Å². The van der Waals surface area contributed by atoms with E-state index < -0.39 is 0 Å². The molecule has 0 fully saturated rings. The summed E-state index contributed by atoms with van der Waals surface area (Å²) in [4.78, 5) is 28.3. The number of anilines is 1. The van der Waals surface area contributed by atoms with Crippen LogP contribution in [0.15, 0.2) is 47.4 Å². The molecule has 0 bridgehead atoms. The Kier molecular flexibility index (Phi) is 5.05. The number of hydrogen-bond donors (Lipinski definition) is 0. The number of thioether (sulfide) groups is 1. The molecule has 0 saturated heterocycles. The van der Waals surface area contributed by atoms with E-state index in [0.29, 0.717) is 16.2 Å². The van der Waals surface area contributed by atoms with Gasteiger partial charge in [0.2, 0.25) is 0 Å². The first kappa shape index (κ1) is 18.5. The molecule has 1 aliphatic heterocycles. The summed E-state index contributed by atoms with van der Waals surface area (Å²) in [6, 6.07) is 13.6. The lowest BCUT2D eigenvalue weighted by Crippen LogP contribution is -2.31. The second kappa shape index (κ2) is 7.12. The quantitative estimate of drug-likeness (QED) is 0.713. The first-order valence-electron chi connectivity index (χ1n) is 8.73. The lowest BCUT2D eigenvalue weighted by atomic mass is 10.0. The highest BCUT2D eigenvalue weighted by Gasteiger charge is 2.40. The van der Waals surface area contributed by atoms with Crippen LogP contribution < -0.4 is 4.90 Å². The van der Waals surface area contributed by atoms with E-state index in [9.17, 15) is 9.59 Å². The minimum Gasteiger partial charge on any atom is -0.268 e. The van der Waals surface area contributed by atoms with Crippen molar-refractivity contribution in [3.8, 4) is 0 Å². The number of benzene rings is 2. The Hall–Kier alpha value is -2.33. The summed E-state index contributed by atoms with van der Waals surface area (Å²) in [6.45, 7) is 10.0. The molecule has 3 rings (SSSR count). The fourth-order valence-corrected chi connectivity index (χ4v) is 4.13. The van der Waals surface area contributed by atoms with E-state index in [1.165, 1.54) is 16.7 Å². The summed E-state index contributed by atoms with van der Waals surface area (Å²) in [7, 11) is 0. The summed E-state index contributed by atoms with van der Waals surface area (Å²) in [5, 5.41) is 0.210. The van der Waals surface area contributed by atoms with Gasteiger partial charge in [0.1, 0.15) is 0 Å². The number of amides is 2. The number of hydrogen-bond acceptors (Lipinski definition) is 3. The lowest BCUT2D eigenvalue weighted by molar-refractivity contribution is -0.119. The molecule has 0 radical (unpaired) electrons. The molecular formula is C22H23NO2S. The third kappa shape index (κ3) is 3.47. The van der Waals surface area contributed by atoms with Crippen LogP contribution in [0.25, 0.3) is 5.57 Å². The third-order valence-corrected chi connectivity index (χ3v) is 5.29. The van der Waals surface area contributed by atoms with Gasteiger partial charge in [-0.2, -0.15) is 0 Å². The molecular weight excluding hydrogens is 342 g/mol. The minimum atomic E-state index is -0.244. The summed E-state index contributed by atoms with van der Waals surface area (Å²) in [5.74, 6) is -0.471. The number of carbonyl (C=O) groups excluding carboxylic acids is 2. The van der Waals surface area contributed by atoms with Crippen molar-refractivity contribution in [3.63, 3.8) is 0 Å². The number of nitrogens with zero attached hydrogens (tertiary/aromatic N) is 1. The van der Waals surface area contributed by atoms with Crippen molar-refractivity contribution < 1.29 is 9.59 Å². The van der Waals surface area contributed by atoms with Crippen molar-refractivity contribution >= 4 is 34.8 Å². The molecule has 0 unspecified atom stereocenters. The molecule has 0 N–H and O–H groups in total. The van der Waals surface area contributed by atoms with E-state index in [4.69, 9.17) is 0 Å². The van der Waals surface area contributed by atoms with Crippen LogP contribution in [0.1, 0.15) is 36.1 Å². The Labute approximate surface area is 159 Å². The third-order valence-electron chi connectivity index (χ3n) is 4.20. The molecule has 1 aliphatic rings. The molecule has 0 aromatic heterocycles. The van der Waals surface area contributed by atoms with Crippen LogP contribution in [0.4, 0.5) is 5.69 Å². The first-order chi connectivity index (χ1) is 12.3. The van der Waals surface area contributed by atoms with Gasteiger partial charge in [0, 0.05) is 5.25 Å². The van der Waals surface area contributed by atoms with Gasteiger partial charge in [-0.05, 0) is 49.6 Å². The topological polar surface area (TPSA) is 37.4 Å². The molecule has 0 saturated carbocycles. The Bertz CT molecular complexity index is 890. The van der Waals surface area contributed by atoms with E-state index in [0.717, 1.165) is 22.3 Å².